The molecule has 0 atom stereocenters. The maximum absolute atomic E-state index is 2.40. The summed E-state index contributed by atoms with van der Waals surface area (Å²) in [6.45, 7) is 9.09. The molecule has 0 heteroatoms. The van der Waals surface area contributed by atoms with Crippen LogP contribution in [0.3, 0.4) is 0 Å². The Labute approximate surface area is 133 Å². The quantitative estimate of drug-likeness (QED) is 0.500. The van der Waals surface area contributed by atoms with Crippen LogP contribution in [0, 0.1) is 0 Å². The van der Waals surface area contributed by atoms with E-state index < -0.39 is 0 Å². The fraction of sp³-hybridized carbons (Fsp3) is 0.273. The van der Waals surface area contributed by atoms with Crippen LogP contribution in [-0.4, -0.2) is 0 Å². The molecule has 0 nitrogen and oxygen atoms in total. The smallest absolute Gasteiger partial charge is 0.0103 e. The first kappa shape index (κ1) is 14.8. The fourth-order valence-corrected chi connectivity index (χ4v) is 3.12. The molecule has 0 unspecified atom stereocenters. The monoisotopic (exact) mass is 288 g/mol. The molecular formula is C22H24. The summed E-state index contributed by atoms with van der Waals surface area (Å²) in [5, 5.41) is 2.65. The van der Waals surface area contributed by atoms with E-state index in [2.05, 4.69) is 88.4 Å². The van der Waals surface area contributed by atoms with Crippen LogP contribution in [0.1, 0.15) is 50.7 Å². The van der Waals surface area contributed by atoms with E-state index in [1.165, 1.54) is 33.0 Å². The van der Waals surface area contributed by atoms with Crippen LogP contribution in [0.5, 0.6) is 0 Å². The van der Waals surface area contributed by atoms with Crippen LogP contribution >= 0.6 is 0 Å². The second-order valence-corrected chi connectivity index (χ2v) is 6.68. The molecule has 0 aliphatic rings. The molecule has 0 heterocycles. The van der Waals surface area contributed by atoms with Gasteiger partial charge in [0, 0.05) is 0 Å². The third-order valence-corrected chi connectivity index (χ3v) is 4.44. The summed E-state index contributed by atoms with van der Waals surface area (Å²) in [4.78, 5) is 0. The minimum Gasteiger partial charge on any atom is -0.0616 e. The van der Waals surface area contributed by atoms with Crippen LogP contribution in [0.2, 0.25) is 0 Å². The van der Waals surface area contributed by atoms with Gasteiger partial charge in [-0.25, -0.2) is 0 Å². The molecule has 0 aliphatic carbocycles. The predicted molar refractivity (Wildman–Crippen MR) is 97.6 cm³/mol. The maximum atomic E-state index is 2.40. The van der Waals surface area contributed by atoms with Crippen LogP contribution in [0.15, 0.2) is 60.7 Å². The normalized spacial score (nSPS) is 11.5. The van der Waals surface area contributed by atoms with Crippen LogP contribution in [0.4, 0.5) is 0 Å². The Balaban J connectivity index is 2.26. The molecule has 0 fully saturated rings. The van der Waals surface area contributed by atoms with Crippen molar-refractivity contribution >= 4 is 10.8 Å². The SMILES string of the molecule is CC(C)c1ccc(-c2cccc3ccccc23)c(C(C)C)c1. The predicted octanol–water partition coefficient (Wildman–Crippen LogP) is 6.75. The van der Waals surface area contributed by atoms with Crippen molar-refractivity contribution in [3.05, 3.63) is 71.8 Å². The zero-order chi connectivity index (χ0) is 15.7. The summed E-state index contributed by atoms with van der Waals surface area (Å²) >= 11 is 0. The van der Waals surface area contributed by atoms with Crippen molar-refractivity contribution in [3.8, 4) is 11.1 Å². The number of benzene rings is 3. The third kappa shape index (κ3) is 2.66. The van der Waals surface area contributed by atoms with Gasteiger partial charge >= 0.3 is 0 Å². The van der Waals surface area contributed by atoms with Gasteiger partial charge in [0.25, 0.3) is 0 Å². The van der Waals surface area contributed by atoms with Crippen LogP contribution in [-0.2, 0) is 0 Å². The van der Waals surface area contributed by atoms with E-state index in [4.69, 9.17) is 0 Å². The maximum Gasteiger partial charge on any atom is -0.0103 e. The Hall–Kier alpha value is -2.08. The average molecular weight is 288 g/mol. The molecule has 3 aromatic rings. The number of hydrogen-bond donors (Lipinski definition) is 0. The first-order valence-electron chi connectivity index (χ1n) is 8.20. The van der Waals surface area contributed by atoms with E-state index in [1.54, 1.807) is 0 Å². The highest BCUT2D eigenvalue weighted by Gasteiger charge is 2.13. The van der Waals surface area contributed by atoms with E-state index in [9.17, 15) is 0 Å². The van der Waals surface area contributed by atoms with Crippen molar-refractivity contribution in [1.29, 1.82) is 0 Å². The summed E-state index contributed by atoms with van der Waals surface area (Å²) in [6, 6.07) is 22.3. The zero-order valence-corrected chi connectivity index (χ0v) is 13.9. The van der Waals surface area contributed by atoms with Gasteiger partial charge in [0.05, 0.1) is 0 Å². The van der Waals surface area contributed by atoms with Crippen molar-refractivity contribution in [2.24, 2.45) is 0 Å². The summed E-state index contributed by atoms with van der Waals surface area (Å²) in [7, 11) is 0. The van der Waals surface area contributed by atoms with Crippen molar-refractivity contribution in [2.75, 3.05) is 0 Å². The standard InChI is InChI=1S/C22H24/c1-15(2)18-12-13-21(22(14-18)16(3)4)20-11-7-9-17-8-5-6-10-19(17)20/h5-16H,1-4H3. The average Bonchev–Trinajstić information content (AvgIpc) is 2.53. The Morgan fingerprint density at radius 2 is 1.36 bits per heavy atom. The highest BCUT2D eigenvalue weighted by molar-refractivity contribution is 5.97. The Morgan fingerprint density at radius 3 is 2.09 bits per heavy atom. The molecular weight excluding hydrogens is 264 g/mol. The summed E-state index contributed by atoms with van der Waals surface area (Å²) in [5.41, 5.74) is 5.59. The highest BCUT2D eigenvalue weighted by atomic mass is 14.2. The van der Waals surface area contributed by atoms with Crippen molar-refractivity contribution in [1.82, 2.24) is 0 Å². The van der Waals surface area contributed by atoms with Crippen LogP contribution < -0.4 is 0 Å². The zero-order valence-electron chi connectivity index (χ0n) is 13.9. The molecule has 0 bridgehead atoms. The summed E-state index contributed by atoms with van der Waals surface area (Å²) in [5.74, 6) is 1.09. The number of hydrogen-bond acceptors (Lipinski definition) is 0. The summed E-state index contributed by atoms with van der Waals surface area (Å²) in [6.07, 6.45) is 0. The van der Waals surface area contributed by atoms with Gasteiger partial charge in [-0.15, -0.1) is 0 Å². The van der Waals surface area contributed by atoms with Crippen molar-refractivity contribution in [2.45, 2.75) is 39.5 Å². The van der Waals surface area contributed by atoms with Gasteiger partial charge in [-0.2, -0.15) is 0 Å². The van der Waals surface area contributed by atoms with Gasteiger partial charge in [0.15, 0.2) is 0 Å². The molecule has 0 saturated carbocycles. The number of rotatable bonds is 3. The third-order valence-electron chi connectivity index (χ3n) is 4.44. The molecule has 22 heavy (non-hydrogen) atoms. The van der Waals surface area contributed by atoms with Crippen molar-refractivity contribution in [3.63, 3.8) is 0 Å². The first-order valence-corrected chi connectivity index (χ1v) is 8.20. The molecule has 3 aromatic carbocycles. The Bertz CT molecular complexity index is 789. The lowest BCUT2D eigenvalue weighted by molar-refractivity contribution is 0.836. The van der Waals surface area contributed by atoms with Gasteiger partial charge in [-0.3, -0.25) is 0 Å². The second kappa shape index (κ2) is 5.96. The van der Waals surface area contributed by atoms with Crippen LogP contribution in [0.25, 0.3) is 21.9 Å². The lowest BCUT2D eigenvalue weighted by Crippen LogP contribution is -1.97. The number of fused-ring (bicyclic) bond motifs is 1. The largest absolute Gasteiger partial charge is 0.0616 e. The summed E-state index contributed by atoms with van der Waals surface area (Å²) < 4.78 is 0. The lowest BCUT2D eigenvalue weighted by atomic mass is 9.87. The van der Waals surface area contributed by atoms with E-state index in [0.717, 1.165) is 0 Å². The van der Waals surface area contributed by atoms with Gasteiger partial charge < -0.3 is 0 Å². The van der Waals surface area contributed by atoms with E-state index in [-0.39, 0.29) is 0 Å². The second-order valence-electron chi connectivity index (χ2n) is 6.68. The fourth-order valence-electron chi connectivity index (χ4n) is 3.12. The molecule has 0 amide bonds. The van der Waals surface area contributed by atoms with Gasteiger partial charge in [-0.1, -0.05) is 88.4 Å². The minimum absolute atomic E-state index is 0.521. The van der Waals surface area contributed by atoms with Gasteiger partial charge in [0.2, 0.25) is 0 Å². The molecule has 112 valence electrons. The van der Waals surface area contributed by atoms with E-state index in [1.807, 2.05) is 0 Å². The molecule has 0 saturated heterocycles. The van der Waals surface area contributed by atoms with E-state index >= 15 is 0 Å². The first-order chi connectivity index (χ1) is 10.6. The van der Waals surface area contributed by atoms with E-state index in [0.29, 0.717) is 11.8 Å². The molecule has 0 aromatic heterocycles. The molecule has 0 aliphatic heterocycles. The lowest BCUT2D eigenvalue weighted by Gasteiger charge is -2.18. The highest BCUT2D eigenvalue weighted by Crippen LogP contribution is 2.35. The Kier molecular flexibility index (Phi) is 4.02. The van der Waals surface area contributed by atoms with Gasteiger partial charge in [0.1, 0.15) is 0 Å². The van der Waals surface area contributed by atoms with Gasteiger partial charge in [-0.05, 0) is 44.9 Å². The molecule has 0 N–H and O–H groups in total. The molecule has 0 spiro atoms. The Morgan fingerprint density at radius 1 is 0.636 bits per heavy atom. The minimum atomic E-state index is 0.521. The molecule has 3 rings (SSSR count). The molecule has 0 radical (unpaired) electrons. The van der Waals surface area contributed by atoms with Crippen molar-refractivity contribution < 1.29 is 0 Å². The topological polar surface area (TPSA) is 0 Å².